The number of aromatic nitrogens is 2. The molecule has 2 aromatic heterocycles. The average molecular weight is 605 g/mol. The fraction of sp³-hybridized carbons (Fsp3) is 0.0233. The first-order valence-corrected chi connectivity index (χ1v) is 15.8. The van der Waals surface area contributed by atoms with E-state index in [9.17, 15) is 0 Å². The molecule has 2 N–H and O–H groups in total. The fourth-order valence-electron chi connectivity index (χ4n) is 6.69. The van der Waals surface area contributed by atoms with Crippen LogP contribution in [0.5, 0.6) is 0 Å². The number of nitrogens with zero attached hydrogens (tertiary/aromatic N) is 2. The molecule has 0 bridgehead atoms. The van der Waals surface area contributed by atoms with Crippen LogP contribution in [0.4, 0.5) is 0 Å². The lowest BCUT2D eigenvalue weighted by molar-refractivity contribution is 1.04. The number of rotatable bonds is 4. The van der Waals surface area contributed by atoms with Crippen molar-refractivity contribution in [2.45, 2.75) is 6.92 Å². The second-order valence-electron chi connectivity index (χ2n) is 11.9. The lowest BCUT2D eigenvalue weighted by Gasteiger charge is -2.16. The van der Waals surface area contributed by atoms with Crippen LogP contribution in [0.1, 0.15) is 16.8 Å². The molecule has 4 nitrogen and oxygen atoms in total. The molecular formula is C43H32N4. The van der Waals surface area contributed by atoms with Gasteiger partial charge in [0.05, 0.1) is 28.0 Å². The molecule has 1 aliphatic carbocycles. The summed E-state index contributed by atoms with van der Waals surface area (Å²) >= 11 is 0. The standard InChI is InChI=1S/C43H32N4/c1-29-20-21-30(22-23-31-12-8-10-18-40(31)46(29)34-13-4-2-5-14-34)37-27-33(28-39(44)43(37)45)32-24-25-42-38(26-32)36-17-9-11-19-41(36)47(42)35-15-6-3-7-16-35/h2-28,44-45H,1H3. The molecule has 0 saturated carbocycles. The molecule has 0 aliphatic heterocycles. The van der Waals surface area contributed by atoms with Crippen LogP contribution in [0.2, 0.25) is 0 Å². The highest BCUT2D eigenvalue weighted by Gasteiger charge is 2.20. The topological polar surface area (TPSA) is 57.6 Å². The lowest BCUT2D eigenvalue weighted by Crippen LogP contribution is -2.15. The number of para-hydroxylation sites is 4. The molecular weight excluding hydrogens is 573 g/mol. The number of hydrogen-bond donors (Lipinski definition) is 2. The van der Waals surface area contributed by atoms with E-state index in [4.69, 9.17) is 10.8 Å². The number of allylic oxidation sites excluding steroid dienone is 4. The van der Waals surface area contributed by atoms with Crippen LogP contribution in [0.15, 0.2) is 164 Å². The minimum atomic E-state index is 0.200. The van der Waals surface area contributed by atoms with Gasteiger partial charge in [-0.25, -0.2) is 0 Å². The molecule has 0 unspecified atom stereocenters. The number of nitrogens with one attached hydrogen (secondary N) is 2. The number of aryl methyl sites for hydroxylation is 1. The molecule has 4 heteroatoms. The van der Waals surface area contributed by atoms with Crippen LogP contribution in [0.3, 0.4) is 0 Å². The van der Waals surface area contributed by atoms with Gasteiger partial charge >= 0.3 is 0 Å². The summed E-state index contributed by atoms with van der Waals surface area (Å²) < 4.78 is 4.56. The van der Waals surface area contributed by atoms with Crippen molar-refractivity contribution in [3.63, 3.8) is 0 Å². The Morgan fingerprint density at radius 3 is 1.83 bits per heavy atom. The van der Waals surface area contributed by atoms with Crippen LogP contribution in [0, 0.1) is 17.7 Å². The summed E-state index contributed by atoms with van der Waals surface area (Å²) in [5.74, 6) is 0. The summed E-state index contributed by atoms with van der Waals surface area (Å²) in [5.41, 5.74) is 10.6. The van der Waals surface area contributed by atoms with Crippen LogP contribution in [0.25, 0.3) is 55.2 Å². The van der Waals surface area contributed by atoms with Crippen LogP contribution >= 0.6 is 0 Å². The van der Waals surface area contributed by atoms with Crippen molar-refractivity contribution < 1.29 is 0 Å². The zero-order chi connectivity index (χ0) is 31.9. The number of fused-ring (bicyclic) bond motifs is 4. The molecule has 8 rings (SSSR count). The Morgan fingerprint density at radius 1 is 0.468 bits per heavy atom. The third kappa shape index (κ3) is 4.97. The molecule has 224 valence electrons. The van der Waals surface area contributed by atoms with E-state index in [1.165, 1.54) is 5.39 Å². The van der Waals surface area contributed by atoms with E-state index in [-0.39, 0.29) is 11.4 Å². The quantitative estimate of drug-likeness (QED) is 0.188. The molecule has 47 heavy (non-hydrogen) atoms. The van der Waals surface area contributed by atoms with E-state index in [0.29, 0.717) is 0 Å². The van der Waals surface area contributed by atoms with Crippen molar-refractivity contribution in [1.29, 1.82) is 10.8 Å². The third-order valence-electron chi connectivity index (χ3n) is 8.96. The molecule has 0 atom stereocenters. The predicted molar refractivity (Wildman–Crippen MR) is 198 cm³/mol. The van der Waals surface area contributed by atoms with Gasteiger partial charge in [-0.05, 0) is 95.8 Å². The molecule has 0 amide bonds. The third-order valence-corrected chi connectivity index (χ3v) is 8.96. The van der Waals surface area contributed by atoms with Crippen LogP contribution in [-0.4, -0.2) is 20.6 Å². The smallest absolute Gasteiger partial charge is 0.0867 e. The molecule has 0 radical (unpaired) electrons. The van der Waals surface area contributed by atoms with Crippen molar-refractivity contribution in [3.05, 3.63) is 181 Å². The summed E-state index contributed by atoms with van der Waals surface area (Å²) in [7, 11) is 0. The lowest BCUT2D eigenvalue weighted by atomic mass is 9.88. The summed E-state index contributed by atoms with van der Waals surface area (Å²) in [5, 5.41) is 21.2. The monoisotopic (exact) mass is 604 g/mol. The maximum Gasteiger partial charge on any atom is 0.0867 e. The summed E-state index contributed by atoms with van der Waals surface area (Å²) in [4.78, 5) is 0. The summed E-state index contributed by atoms with van der Waals surface area (Å²) in [6.45, 7) is 2.11. The predicted octanol–water partition coefficient (Wildman–Crippen LogP) is 10.7. The van der Waals surface area contributed by atoms with Gasteiger partial charge in [-0.15, -0.1) is 0 Å². The van der Waals surface area contributed by atoms with E-state index < -0.39 is 0 Å². The molecule has 0 saturated heterocycles. The fourth-order valence-corrected chi connectivity index (χ4v) is 6.69. The first-order chi connectivity index (χ1) is 23.1. The van der Waals surface area contributed by atoms with Crippen molar-refractivity contribution in [3.8, 4) is 11.4 Å². The Kier molecular flexibility index (Phi) is 6.96. The van der Waals surface area contributed by atoms with Gasteiger partial charge in [-0.2, -0.15) is 0 Å². The highest BCUT2D eigenvalue weighted by Crippen LogP contribution is 2.36. The van der Waals surface area contributed by atoms with Gasteiger partial charge in [-0.1, -0.05) is 97.1 Å². The number of benzene rings is 5. The Hall–Kier alpha value is -6.26. The zero-order valence-corrected chi connectivity index (χ0v) is 26.0. The van der Waals surface area contributed by atoms with Gasteiger partial charge in [0.2, 0.25) is 0 Å². The SMILES string of the molecule is Cc1ccc(C2=CC(c3ccc4c(c3)c3ccccc3n4-c3ccccc3)=CC(=N)C2=N)ccc2ccccc2n1-c1ccccc1. The Balaban J connectivity index is 1.29. The van der Waals surface area contributed by atoms with E-state index in [1.807, 2.05) is 18.2 Å². The summed E-state index contributed by atoms with van der Waals surface area (Å²) in [6.07, 6.45) is 3.88. The van der Waals surface area contributed by atoms with Crippen molar-refractivity contribution in [2.24, 2.45) is 0 Å². The zero-order valence-electron chi connectivity index (χ0n) is 26.0. The van der Waals surface area contributed by atoms with Gasteiger partial charge in [0.1, 0.15) is 0 Å². The Labute approximate surface area is 273 Å². The van der Waals surface area contributed by atoms with Crippen LogP contribution in [-0.2, 0) is 0 Å². The molecule has 2 heterocycles. The second-order valence-corrected chi connectivity index (χ2v) is 11.9. The van der Waals surface area contributed by atoms with Crippen molar-refractivity contribution >= 4 is 55.3 Å². The van der Waals surface area contributed by atoms with Gasteiger partial charge < -0.3 is 9.13 Å². The molecule has 0 spiro atoms. The Bertz CT molecular complexity index is 2490. The minimum Gasteiger partial charge on any atom is -0.314 e. The largest absolute Gasteiger partial charge is 0.314 e. The first kappa shape index (κ1) is 28.2. The van der Waals surface area contributed by atoms with Gasteiger partial charge in [0.25, 0.3) is 0 Å². The minimum absolute atomic E-state index is 0.200. The van der Waals surface area contributed by atoms with E-state index >= 15 is 0 Å². The van der Waals surface area contributed by atoms with Crippen molar-refractivity contribution in [1.82, 2.24) is 9.13 Å². The molecule has 1 aliphatic rings. The maximum atomic E-state index is 8.98. The highest BCUT2D eigenvalue weighted by atomic mass is 15.0. The average Bonchev–Trinajstić information content (AvgIpc) is 3.47. The normalized spacial score (nSPS) is 13.1. The molecule has 0 fully saturated rings. The van der Waals surface area contributed by atoms with E-state index in [0.717, 1.165) is 66.7 Å². The summed E-state index contributed by atoms with van der Waals surface area (Å²) in [6, 6.07) is 52.6. The van der Waals surface area contributed by atoms with Gasteiger partial charge in [-0.3, -0.25) is 10.8 Å². The first-order valence-electron chi connectivity index (χ1n) is 15.8. The van der Waals surface area contributed by atoms with Crippen LogP contribution < -0.4 is 0 Å². The van der Waals surface area contributed by atoms with Gasteiger partial charge in [0.15, 0.2) is 0 Å². The molecule has 7 aromatic rings. The molecule has 5 aromatic carbocycles. The van der Waals surface area contributed by atoms with Gasteiger partial charge in [0, 0.05) is 33.4 Å². The van der Waals surface area contributed by atoms with E-state index in [2.05, 4.69) is 162 Å². The van der Waals surface area contributed by atoms with E-state index in [1.54, 1.807) is 0 Å². The highest BCUT2D eigenvalue weighted by molar-refractivity contribution is 6.61. The van der Waals surface area contributed by atoms with Crippen molar-refractivity contribution in [2.75, 3.05) is 0 Å². The maximum absolute atomic E-state index is 8.98. The Morgan fingerprint density at radius 2 is 1.06 bits per heavy atom. The second kappa shape index (κ2) is 11.6. The number of hydrogen-bond acceptors (Lipinski definition) is 2.